The molecule has 7 heteroatoms. The van der Waals surface area contributed by atoms with E-state index in [1.807, 2.05) is 0 Å². The highest BCUT2D eigenvalue weighted by molar-refractivity contribution is 5.79. The van der Waals surface area contributed by atoms with E-state index in [4.69, 9.17) is 5.11 Å². The zero-order valence-electron chi connectivity index (χ0n) is 12.6. The molecule has 1 fully saturated rings. The smallest absolute Gasteiger partial charge is 0.392 e. The van der Waals surface area contributed by atoms with E-state index in [-0.39, 0.29) is 12.8 Å². The van der Waals surface area contributed by atoms with Gasteiger partial charge in [0.2, 0.25) is 5.91 Å². The number of carbonyl (C=O) groups excluding carboxylic acids is 1. The van der Waals surface area contributed by atoms with Gasteiger partial charge in [0.05, 0.1) is 5.92 Å². The molecule has 0 heterocycles. The summed E-state index contributed by atoms with van der Waals surface area (Å²) in [6.07, 6.45) is 0.109. The van der Waals surface area contributed by atoms with Gasteiger partial charge in [-0.25, -0.2) is 0 Å². The first-order valence-corrected chi connectivity index (χ1v) is 7.88. The molecule has 22 heavy (non-hydrogen) atoms. The van der Waals surface area contributed by atoms with E-state index in [2.05, 4.69) is 5.32 Å². The fourth-order valence-corrected chi connectivity index (χ4v) is 2.93. The van der Waals surface area contributed by atoms with Crippen molar-refractivity contribution < 1.29 is 27.9 Å². The van der Waals surface area contributed by atoms with Crippen LogP contribution in [-0.4, -0.2) is 29.7 Å². The van der Waals surface area contributed by atoms with Crippen LogP contribution in [0.4, 0.5) is 13.2 Å². The van der Waals surface area contributed by atoms with E-state index >= 15 is 0 Å². The summed E-state index contributed by atoms with van der Waals surface area (Å²) in [6.45, 7) is 0.354. The van der Waals surface area contributed by atoms with E-state index in [0.29, 0.717) is 38.6 Å². The Hall–Kier alpha value is -1.27. The molecule has 0 aliphatic heterocycles. The summed E-state index contributed by atoms with van der Waals surface area (Å²) in [4.78, 5) is 22.3. The minimum Gasteiger partial charge on any atom is -0.481 e. The Morgan fingerprint density at radius 3 is 2.32 bits per heavy atom. The zero-order valence-corrected chi connectivity index (χ0v) is 12.6. The highest BCUT2D eigenvalue weighted by atomic mass is 19.4. The molecule has 0 radical (unpaired) electrons. The average molecular weight is 323 g/mol. The van der Waals surface area contributed by atoms with Crippen molar-refractivity contribution in [2.75, 3.05) is 6.54 Å². The van der Waals surface area contributed by atoms with Gasteiger partial charge in [0.1, 0.15) is 0 Å². The van der Waals surface area contributed by atoms with Gasteiger partial charge in [0.15, 0.2) is 0 Å². The van der Waals surface area contributed by atoms with Crippen molar-refractivity contribution in [3.63, 3.8) is 0 Å². The van der Waals surface area contributed by atoms with Crippen LogP contribution in [0, 0.1) is 11.8 Å². The molecule has 0 spiro atoms. The Kier molecular flexibility index (Phi) is 7.68. The first kappa shape index (κ1) is 18.8. The van der Waals surface area contributed by atoms with Gasteiger partial charge >= 0.3 is 12.1 Å². The Labute approximate surface area is 128 Å². The van der Waals surface area contributed by atoms with Crippen molar-refractivity contribution in [3.05, 3.63) is 0 Å². The third-order valence-corrected chi connectivity index (χ3v) is 4.14. The topological polar surface area (TPSA) is 66.4 Å². The molecular formula is C15H24F3NO3. The number of hydrogen-bond acceptors (Lipinski definition) is 2. The summed E-state index contributed by atoms with van der Waals surface area (Å²) in [5.74, 6) is -3.80. The molecule has 1 aliphatic rings. The van der Waals surface area contributed by atoms with Gasteiger partial charge in [-0.2, -0.15) is 13.2 Å². The summed E-state index contributed by atoms with van der Waals surface area (Å²) in [6, 6.07) is 0. The molecule has 1 aliphatic carbocycles. The minimum atomic E-state index is -4.31. The molecule has 0 aromatic rings. The van der Waals surface area contributed by atoms with Gasteiger partial charge in [-0.05, 0) is 25.7 Å². The third kappa shape index (κ3) is 6.66. The number of aliphatic carboxylic acids is 1. The predicted molar refractivity (Wildman–Crippen MR) is 75.2 cm³/mol. The monoisotopic (exact) mass is 323 g/mol. The largest absolute Gasteiger partial charge is 0.481 e. The van der Waals surface area contributed by atoms with Crippen molar-refractivity contribution in [1.82, 2.24) is 5.32 Å². The maximum absolute atomic E-state index is 12.9. The van der Waals surface area contributed by atoms with E-state index in [0.717, 1.165) is 12.8 Å². The maximum atomic E-state index is 12.9. The normalized spacial score (nSPS) is 22.3. The number of carboxylic acid groups (broad SMARTS) is 1. The highest BCUT2D eigenvalue weighted by Crippen LogP contribution is 2.41. The predicted octanol–water partition coefficient (Wildman–Crippen LogP) is 3.51. The number of amides is 1. The lowest BCUT2D eigenvalue weighted by Crippen LogP contribution is -2.42. The molecule has 128 valence electrons. The lowest BCUT2D eigenvalue weighted by Gasteiger charge is -2.32. The number of hydrogen-bond donors (Lipinski definition) is 2. The number of rotatable bonds is 8. The van der Waals surface area contributed by atoms with Crippen molar-refractivity contribution in [2.24, 2.45) is 11.8 Å². The average Bonchev–Trinajstić information content (AvgIpc) is 2.44. The first-order chi connectivity index (χ1) is 10.3. The molecular weight excluding hydrogens is 299 g/mol. The van der Waals surface area contributed by atoms with E-state index in [1.165, 1.54) is 0 Å². The molecule has 2 unspecified atom stereocenters. The Morgan fingerprint density at radius 2 is 1.68 bits per heavy atom. The minimum absolute atomic E-state index is 0.0385. The van der Waals surface area contributed by atoms with Crippen LogP contribution in [0.25, 0.3) is 0 Å². The molecule has 2 N–H and O–H groups in total. The van der Waals surface area contributed by atoms with Crippen LogP contribution in [0.15, 0.2) is 0 Å². The van der Waals surface area contributed by atoms with Crippen LogP contribution >= 0.6 is 0 Å². The fourth-order valence-electron chi connectivity index (χ4n) is 2.93. The standard InChI is InChI=1S/C15H24F3NO3/c16-15(17,18)12-8-5-4-7-11(12)14(22)19-10-6-2-1-3-9-13(20)21/h11-12H,1-10H2,(H,19,22)(H,20,21). The third-order valence-electron chi connectivity index (χ3n) is 4.14. The van der Waals surface area contributed by atoms with Gasteiger partial charge in [-0.15, -0.1) is 0 Å². The van der Waals surface area contributed by atoms with E-state index in [9.17, 15) is 22.8 Å². The fraction of sp³-hybridized carbons (Fsp3) is 0.867. The molecule has 1 amide bonds. The van der Waals surface area contributed by atoms with Crippen LogP contribution in [0.2, 0.25) is 0 Å². The lowest BCUT2D eigenvalue weighted by molar-refractivity contribution is -0.198. The van der Waals surface area contributed by atoms with Crippen molar-refractivity contribution in [2.45, 2.75) is 64.0 Å². The van der Waals surface area contributed by atoms with Crippen LogP contribution in [0.1, 0.15) is 57.8 Å². The van der Waals surface area contributed by atoms with Gasteiger partial charge in [-0.3, -0.25) is 9.59 Å². The second-order valence-corrected chi connectivity index (χ2v) is 5.89. The number of carbonyl (C=O) groups is 2. The molecule has 0 aromatic heterocycles. The molecule has 0 saturated heterocycles. The molecule has 1 saturated carbocycles. The maximum Gasteiger partial charge on any atom is 0.392 e. The SMILES string of the molecule is O=C(O)CCCCCCNC(=O)C1CCCCC1C(F)(F)F. The molecule has 0 bridgehead atoms. The number of halogens is 3. The van der Waals surface area contributed by atoms with Crippen LogP contribution in [-0.2, 0) is 9.59 Å². The number of unbranched alkanes of at least 4 members (excludes halogenated alkanes) is 3. The summed E-state index contributed by atoms with van der Waals surface area (Å²) < 4.78 is 38.8. The van der Waals surface area contributed by atoms with Crippen LogP contribution in [0.5, 0.6) is 0 Å². The van der Waals surface area contributed by atoms with Crippen LogP contribution in [0.3, 0.4) is 0 Å². The van der Waals surface area contributed by atoms with Gasteiger partial charge in [0.25, 0.3) is 0 Å². The number of nitrogens with one attached hydrogen (secondary N) is 1. The van der Waals surface area contributed by atoms with Crippen molar-refractivity contribution in [1.29, 1.82) is 0 Å². The summed E-state index contributed by atoms with van der Waals surface area (Å²) in [5.41, 5.74) is 0. The lowest BCUT2D eigenvalue weighted by atomic mass is 9.78. The van der Waals surface area contributed by atoms with E-state index in [1.54, 1.807) is 0 Å². The number of carboxylic acids is 1. The van der Waals surface area contributed by atoms with Crippen LogP contribution < -0.4 is 5.32 Å². The molecule has 2 atom stereocenters. The Morgan fingerprint density at radius 1 is 1.05 bits per heavy atom. The van der Waals surface area contributed by atoms with Gasteiger partial charge in [0, 0.05) is 18.9 Å². The molecule has 4 nitrogen and oxygen atoms in total. The van der Waals surface area contributed by atoms with Gasteiger partial charge in [-0.1, -0.05) is 25.7 Å². The second kappa shape index (κ2) is 9.00. The highest BCUT2D eigenvalue weighted by Gasteiger charge is 2.47. The Bertz CT molecular complexity index is 372. The Balaban J connectivity index is 2.24. The molecule has 0 aromatic carbocycles. The number of alkyl halides is 3. The zero-order chi connectivity index (χ0) is 16.6. The van der Waals surface area contributed by atoms with Gasteiger partial charge < -0.3 is 10.4 Å². The summed E-state index contributed by atoms with van der Waals surface area (Å²) in [5, 5.41) is 11.1. The second-order valence-electron chi connectivity index (χ2n) is 5.89. The van der Waals surface area contributed by atoms with E-state index < -0.39 is 29.9 Å². The summed E-state index contributed by atoms with van der Waals surface area (Å²) >= 11 is 0. The first-order valence-electron chi connectivity index (χ1n) is 7.88. The summed E-state index contributed by atoms with van der Waals surface area (Å²) in [7, 11) is 0. The van der Waals surface area contributed by atoms with Crippen molar-refractivity contribution in [3.8, 4) is 0 Å². The molecule has 1 rings (SSSR count). The van der Waals surface area contributed by atoms with Crippen molar-refractivity contribution >= 4 is 11.9 Å². The quantitative estimate of drug-likeness (QED) is 0.672.